The topological polar surface area (TPSA) is 93.7 Å². The maximum atomic E-state index is 12.6. The monoisotopic (exact) mass is 508 g/mol. The first-order chi connectivity index (χ1) is 15.7. The lowest BCUT2D eigenvalue weighted by atomic mass is 10.1. The van der Waals surface area contributed by atoms with Crippen molar-refractivity contribution in [2.45, 2.75) is 17.9 Å². The van der Waals surface area contributed by atoms with Gasteiger partial charge in [-0.05, 0) is 55.5 Å². The first-order valence-electron chi connectivity index (χ1n) is 9.82. The van der Waals surface area contributed by atoms with Gasteiger partial charge < -0.3 is 14.8 Å². The average Bonchev–Trinajstić information content (AvgIpc) is 2.79. The first-order valence-corrected chi connectivity index (χ1v) is 12.1. The van der Waals surface area contributed by atoms with Crippen molar-refractivity contribution in [2.75, 3.05) is 18.4 Å². The van der Waals surface area contributed by atoms with Gasteiger partial charge in [0.25, 0.3) is 15.9 Å². The Morgan fingerprint density at radius 2 is 1.70 bits per heavy atom. The number of sulfonamides is 1. The molecule has 7 nitrogen and oxygen atoms in total. The van der Waals surface area contributed by atoms with Gasteiger partial charge in [0.05, 0.1) is 23.1 Å². The predicted octanol–water partition coefficient (Wildman–Crippen LogP) is 5.06. The molecule has 0 heterocycles. The molecular weight excluding hydrogens is 487 g/mol. The lowest BCUT2D eigenvalue weighted by molar-refractivity contribution is -0.123. The molecule has 0 spiro atoms. The zero-order valence-electron chi connectivity index (χ0n) is 17.8. The summed E-state index contributed by atoms with van der Waals surface area (Å²) in [5.41, 5.74) is 1.19. The molecule has 3 rings (SSSR count). The number of nitrogens with one attached hydrogen (secondary N) is 2. The van der Waals surface area contributed by atoms with Crippen LogP contribution in [0.25, 0.3) is 0 Å². The molecule has 33 heavy (non-hydrogen) atoms. The van der Waals surface area contributed by atoms with Crippen LogP contribution in [0, 0.1) is 0 Å². The van der Waals surface area contributed by atoms with Crippen LogP contribution in [-0.2, 0) is 14.8 Å². The van der Waals surface area contributed by atoms with E-state index in [1.807, 2.05) is 31.2 Å². The van der Waals surface area contributed by atoms with Crippen LogP contribution in [0.15, 0.2) is 71.6 Å². The van der Waals surface area contributed by atoms with Gasteiger partial charge in [0.2, 0.25) is 0 Å². The second-order valence-corrected chi connectivity index (χ2v) is 9.55. The predicted molar refractivity (Wildman–Crippen MR) is 129 cm³/mol. The summed E-state index contributed by atoms with van der Waals surface area (Å²) in [5.74, 6) is 0.478. The Morgan fingerprint density at radius 1 is 1.00 bits per heavy atom. The summed E-state index contributed by atoms with van der Waals surface area (Å²) < 4.78 is 38.5. The van der Waals surface area contributed by atoms with Gasteiger partial charge in [0, 0.05) is 16.3 Å². The Bertz CT molecular complexity index is 1230. The van der Waals surface area contributed by atoms with E-state index in [4.69, 9.17) is 32.7 Å². The number of benzene rings is 3. The van der Waals surface area contributed by atoms with Crippen molar-refractivity contribution >= 4 is 44.8 Å². The summed E-state index contributed by atoms with van der Waals surface area (Å²) in [4.78, 5) is 12.3. The Balaban J connectivity index is 1.62. The summed E-state index contributed by atoms with van der Waals surface area (Å²) >= 11 is 12.0. The van der Waals surface area contributed by atoms with Gasteiger partial charge >= 0.3 is 0 Å². The number of para-hydroxylation sites is 1. The highest BCUT2D eigenvalue weighted by atomic mass is 35.5. The van der Waals surface area contributed by atoms with Crippen molar-refractivity contribution in [3.8, 4) is 11.5 Å². The van der Waals surface area contributed by atoms with E-state index in [-0.39, 0.29) is 34.2 Å². The molecule has 0 aliphatic rings. The number of halogens is 2. The van der Waals surface area contributed by atoms with Crippen LogP contribution < -0.4 is 19.5 Å². The van der Waals surface area contributed by atoms with Gasteiger partial charge in [0.15, 0.2) is 6.61 Å². The van der Waals surface area contributed by atoms with Gasteiger partial charge in [-0.25, -0.2) is 8.42 Å². The molecule has 10 heteroatoms. The summed E-state index contributed by atoms with van der Waals surface area (Å²) in [6.45, 7) is 1.53. The van der Waals surface area contributed by atoms with E-state index < -0.39 is 10.0 Å². The van der Waals surface area contributed by atoms with E-state index in [0.717, 1.165) is 5.56 Å². The fourth-order valence-corrected chi connectivity index (χ4v) is 4.54. The number of rotatable bonds is 9. The maximum Gasteiger partial charge on any atom is 0.261 e. The van der Waals surface area contributed by atoms with E-state index in [1.165, 1.54) is 18.2 Å². The summed E-state index contributed by atoms with van der Waals surface area (Å²) in [6.07, 6.45) is 0. The molecule has 0 fully saturated rings. The number of carbonyl (C=O) groups is 1. The molecule has 2 N–H and O–H groups in total. The molecule has 0 saturated heterocycles. The molecule has 0 saturated carbocycles. The number of carbonyl (C=O) groups excluding carboxylic acids is 1. The quantitative estimate of drug-likeness (QED) is 0.421. The maximum absolute atomic E-state index is 12.6. The Morgan fingerprint density at radius 3 is 2.36 bits per heavy atom. The third kappa shape index (κ3) is 6.54. The molecule has 0 radical (unpaired) electrons. The highest BCUT2D eigenvalue weighted by Gasteiger charge is 2.18. The number of anilines is 1. The molecule has 0 aliphatic carbocycles. The van der Waals surface area contributed by atoms with Crippen LogP contribution in [0.2, 0.25) is 10.0 Å². The number of hydrogen-bond acceptors (Lipinski definition) is 5. The first kappa shape index (κ1) is 24.7. The minimum Gasteiger partial charge on any atom is -0.496 e. The van der Waals surface area contributed by atoms with Crippen LogP contribution in [-0.4, -0.2) is 28.0 Å². The lowest BCUT2D eigenvalue weighted by Gasteiger charge is -2.17. The molecule has 1 unspecified atom stereocenters. The van der Waals surface area contributed by atoms with E-state index >= 15 is 0 Å². The van der Waals surface area contributed by atoms with Gasteiger partial charge in [-0.15, -0.1) is 0 Å². The van der Waals surface area contributed by atoms with Crippen molar-refractivity contribution in [2.24, 2.45) is 0 Å². The number of amides is 1. The molecule has 3 aromatic carbocycles. The zero-order chi connectivity index (χ0) is 24.0. The summed E-state index contributed by atoms with van der Waals surface area (Å²) in [5, 5.41) is 3.37. The van der Waals surface area contributed by atoms with Crippen molar-refractivity contribution in [3.63, 3.8) is 0 Å². The summed E-state index contributed by atoms with van der Waals surface area (Å²) in [6, 6.07) is 17.3. The van der Waals surface area contributed by atoms with Crippen LogP contribution >= 0.6 is 23.2 Å². The minimum absolute atomic E-state index is 0.0518. The lowest BCUT2D eigenvalue weighted by Crippen LogP contribution is -2.31. The molecule has 0 bridgehead atoms. The van der Waals surface area contributed by atoms with Crippen LogP contribution in [0.3, 0.4) is 0 Å². The number of hydrogen-bond donors (Lipinski definition) is 2. The minimum atomic E-state index is -3.87. The smallest absolute Gasteiger partial charge is 0.261 e. The van der Waals surface area contributed by atoms with Gasteiger partial charge in [0.1, 0.15) is 11.5 Å². The summed E-state index contributed by atoms with van der Waals surface area (Å²) in [7, 11) is -2.31. The fourth-order valence-electron chi connectivity index (χ4n) is 3.03. The molecule has 0 aromatic heterocycles. The number of methoxy groups -OCH3 is 1. The fraction of sp³-hybridized carbons (Fsp3) is 0.174. The van der Waals surface area contributed by atoms with E-state index in [2.05, 4.69) is 10.0 Å². The van der Waals surface area contributed by atoms with Crippen molar-refractivity contribution < 1.29 is 22.7 Å². The second-order valence-electron chi connectivity index (χ2n) is 7.02. The molecule has 1 atom stereocenters. The SMILES string of the molecule is COc1ccccc1C(C)NC(=O)COc1ccc(S(=O)(=O)Nc2ccc(Cl)cc2)cc1Cl. The van der Waals surface area contributed by atoms with Gasteiger partial charge in [-0.1, -0.05) is 41.4 Å². The normalized spacial score (nSPS) is 12.0. The Labute approximate surface area is 202 Å². The van der Waals surface area contributed by atoms with Crippen LogP contribution in [0.4, 0.5) is 5.69 Å². The number of ether oxygens (including phenoxy) is 2. The molecule has 174 valence electrons. The van der Waals surface area contributed by atoms with Crippen molar-refractivity contribution in [3.05, 3.63) is 82.3 Å². The molecular formula is C23H22Cl2N2O5S. The Kier molecular flexibility index (Phi) is 8.07. The molecule has 0 aliphatic heterocycles. The average molecular weight is 509 g/mol. The van der Waals surface area contributed by atoms with Crippen LogP contribution in [0.1, 0.15) is 18.5 Å². The van der Waals surface area contributed by atoms with Gasteiger partial charge in [-0.3, -0.25) is 9.52 Å². The van der Waals surface area contributed by atoms with Crippen molar-refractivity contribution in [1.82, 2.24) is 5.32 Å². The third-order valence-electron chi connectivity index (χ3n) is 4.65. The van der Waals surface area contributed by atoms with E-state index in [0.29, 0.717) is 16.5 Å². The third-order valence-corrected chi connectivity index (χ3v) is 6.58. The highest BCUT2D eigenvalue weighted by Crippen LogP contribution is 2.29. The Hall–Kier alpha value is -2.94. The zero-order valence-corrected chi connectivity index (χ0v) is 20.2. The van der Waals surface area contributed by atoms with Crippen LogP contribution in [0.5, 0.6) is 11.5 Å². The molecule has 1 amide bonds. The van der Waals surface area contributed by atoms with Crippen molar-refractivity contribution in [1.29, 1.82) is 0 Å². The largest absolute Gasteiger partial charge is 0.496 e. The highest BCUT2D eigenvalue weighted by molar-refractivity contribution is 7.92. The second kappa shape index (κ2) is 10.8. The standard InChI is InChI=1S/C23H22Cl2N2O5S/c1-15(19-5-3-4-6-21(19)31-2)26-23(28)14-32-22-12-11-18(13-20(22)25)33(29,30)27-17-9-7-16(24)8-10-17/h3-13,15,27H,14H2,1-2H3,(H,26,28). The van der Waals surface area contributed by atoms with Gasteiger partial charge in [-0.2, -0.15) is 0 Å². The van der Waals surface area contributed by atoms with E-state index in [9.17, 15) is 13.2 Å². The van der Waals surface area contributed by atoms with E-state index in [1.54, 1.807) is 31.4 Å². The molecule has 3 aromatic rings.